The number of piperidine rings is 1. The fourth-order valence-electron chi connectivity index (χ4n) is 3.81. The summed E-state index contributed by atoms with van der Waals surface area (Å²) in [4.78, 5) is 16.1. The molecule has 2 aliphatic heterocycles. The zero-order valence-electron chi connectivity index (χ0n) is 15.0. The van der Waals surface area contributed by atoms with Gasteiger partial charge in [0, 0.05) is 32.9 Å². The number of anilines is 1. The first-order valence-corrected chi connectivity index (χ1v) is 8.88. The maximum Gasteiger partial charge on any atom is 0.233 e. The first-order valence-electron chi connectivity index (χ1n) is 8.88. The van der Waals surface area contributed by atoms with Crippen LogP contribution in [0.2, 0.25) is 0 Å². The van der Waals surface area contributed by atoms with Crippen molar-refractivity contribution in [3.63, 3.8) is 0 Å². The molecule has 5 nitrogen and oxygen atoms in total. The van der Waals surface area contributed by atoms with E-state index < -0.39 is 0 Å². The van der Waals surface area contributed by atoms with Crippen molar-refractivity contribution >= 4 is 11.6 Å². The zero-order chi connectivity index (χ0) is 17.2. The summed E-state index contributed by atoms with van der Waals surface area (Å²) >= 11 is 0. The highest BCUT2D eigenvalue weighted by Gasteiger charge is 2.44. The van der Waals surface area contributed by atoms with Crippen molar-refractivity contribution < 1.29 is 9.53 Å². The number of rotatable bonds is 4. The Morgan fingerprint density at radius 3 is 2.62 bits per heavy atom. The number of nitrogens with zero attached hydrogens (tertiary/aromatic N) is 2. The fraction of sp³-hybridized carbons (Fsp3) is 0.632. The molecular weight excluding hydrogens is 302 g/mol. The molecule has 0 aromatic heterocycles. The van der Waals surface area contributed by atoms with Gasteiger partial charge in [-0.3, -0.25) is 9.69 Å². The van der Waals surface area contributed by atoms with Crippen LogP contribution in [0.5, 0.6) is 0 Å². The van der Waals surface area contributed by atoms with Gasteiger partial charge < -0.3 is 15.0 Å². The predicted octanol–water partition coefficient (Wildman–Crippen LogP) is 1.80. The standard InChI is InChI=1S/C19H29N3O2/c1-15-4-6-16(7-5-15)21(3)17-12-19(24-14-17)8-10-22(11-9-19)13-18(23)20-2/h4-7,17H,8-14H2,1-3H3,(H,20,23). The molecule has 0 bridgehead atoms. The number of hydrogen-bond donors (Lipinski definition) is 1. The van der Waals surface area contributed by atoms with E-state index in [0.29, 0.717) is 12.6 Å². The quantitative estimate of drug-likeness (QED) is 0.914. The van der Waals surface area contributed by atoms with Gasteiger partial charge in [0.2, 0.25) is 5.91 Å². The fourth-order valence-corrected chi connectivity index (χ4v) is 3.81. The summed E-state index contributed by atoms with van der Waals surface area (Å²) in [6.07, 6.45) is 3.11. The second-order valence-corrected chi connectivity index (χ2v) is 7.25. The van der Waals surface area contributed by atoms with E-state index in [9.17, 15) is 4.79 Å². The smallest absolute Gasteiger partial charge is 0.233 e. The third-order valence-corrected chi connectivity index (χ3v) is 5.59. The van der Waals surface area contributed by atoms with Gasteiger partial charge in [0.05, 0.1) is 24.8 Å². The van der Waals surface area contributed by atoms with E-state index in [4.69, 9.17) is 4.74 Å². The molecule has 1 unspecified atom stereocenters. The number of nitrogens with one attached hydrogen (secondary N) is 1. The largest absolute Gasteiger partial charge is 0.373 e. The Morgan fingerprint density at radius 1 is 1.33 bits per heavy atom. The van der Waals surface area contributed by atoms with Crippen LogP contribution >= 0.6 is 0 Å². The Hall–Kier alpha value is -1.59. The Kier molecular flexibility index (Phi) is 5.11. The van der Waals surface area contributed by atoms with E-state index >= 15 is 0 Å². The lowest BCUT2D eigenvalue weighted by molar-refractivity contribution is -0.123. The third kappa shape index (κ3) is 3.73. The molecular formula is C19H29N3O2. The van der Waals surface area contributed by atoms with Gasteiger partial charge in [0.15, 0.2) is 0 Å². The predicted molar refractivity (Wildman–Crippen MR) is 96.4 cm³/mol. The van der Waals surface area contributed by atoms with E-state index in [-0.39, 0.29) is 11.5 Å². The van der Waals surface area contributed by atoms with Crippen LogP contribution in [0, 0.1) is 6.92 Å². The minimum absolute atomic E-state index is 0.00279. The molecule has 3 rings (SSSR count). The van der Waals surface area contributed by atoms with Crippen LogP contribution in [0.25, 0.3) is 0 Å². The van der Waals surface area contributed by atoms with Crippen LogP contribution < -0.4 is 10.2 Å². The normalized spacial score (nSPS) is 23.4. The first-order chi connectivity index (χ1) is 11.5. The second-order valence-electron chi connectivity index (χ2n) is 7.25. The lowest BCUT2D eigenvalue weighted by atomic mass is 9.87. The molecule has 2 fully saturated rings. The van der Waals surface area contributed by atoms with Crippen molar-refractivity contribution in [2.24, 2.45) is 0 Å². The maximum absolute atomic E-state index is 11.5. The topological polar surface area (TPSA) is 44.8 Å². The third-order valence-electron chi connectivity index (χ3n) is 5.59. The SMILES string of the molecule is CNC(=O)CN1CCC2(CC1)CC(N(C)c1ccc(C)cc1)CO2. The lowest BCUT2D eigenvalue weighted by Gasteiger charge is -2.38. The van der Waals surface area contributed by atoms with Gasteiger partial charge in [0.25, 0.3) is 0 Å². The van der Waals surface area contributed by atoms with E-state index in [1.54, 1.807) is 7.05 Å². The highest BCUT2D eigenvalue weighted by atomic mass is 16.5. The number of likely N-dealkylation sites (tertiary alicyclic amines) is 1. The number of ether oxygens (including phenoxy) is 1. The van der Waals surface area contributed by atoms with Crippen LogP contribution in [0.1, 0.15) is 24.8 Å². The van der Waals surface area contributed by atoms with Crippen molar-refractivity contribution in [2.45, 2.75) is 37.8 Å². The van der Waals surface area contributed by atoms with E-state index in [1.807, 2.05) is 0 Å². The van der Waals surface area contributed by atoms with Gasteiger partial charge in [-0.05, 0) is 38.3 Å². The highest BCUT2D eigenvalue weighted by molar-refractivity contribution is 5.77. The zero-order valence-corrected chi connectivity index (χ0v) is 15.0. The number of aryl methyl sites for hydroxylation is 1. The number of likely N-dealkylation sites (N-methyl/N-ethyl adjacent to an activating group) is 2. The molecule has 1 aromatic rings. The van der Waals surface area contributed by atoms with Crippen LogP contribution in [0.4, 0.5) is 5.69 Å². The Labute approximate surface area is 145 Å². The minimum atomic E-state index is 0.00279. The summed E-state index contributed by atoms with van der Waals surface area (Å²) in [5, 5.41) is 2.70. The molecule has 1 amide bonds. The van der Waals surface area contributed by atoms with E-state index in [2.05, 4.69) is 53.4 Å². The average molecular weight is 331 g/mol. The molecule has 1 aromatic carbocycles. The summed E-state index contributed by atoms with van der Waals surface area (Å²) in [7, 11) is 3.86. The molecule has 2 heterocycles. The van der Waals surface area contributed by atoms with Crippen molar-refractivity contribution in [3.05, 3.63) is 29.8 Å². The molecule has 1 N–H and O–H groups in total. The van der Waals surface area contributed by atoms with Gasteiger partial charge in [-0.25, -0.2) is 0 Å². The van der Waals surface area contributed by atoms with Crippen molar-refractivity contribution in [2.75, 3.05) is 45.2 Å². The van der Waals surface area contributed by atoms with Crippen LogP contribution in [-0.4, -0.2) is 62.8 Å². The number of amides is 1. The number of benzene rings is 1. The molecule has 1 atom stereocenters. The van der Waals surface area contributed by atoms with Gasteiger partial charge in [-0.15, -0.1) is 0 Å². The minimum Gasteiger partial charge on any atom is -0.373 e. The summed E-state index contributed by atoms with van der Waals surface area (Å²) < 4.78 is 6.27. The lowest BCUT2D eigenvalue weighted by Crippen LogP contribution is -2.47. The molecule has 132 valence electrons. The Balaban J connectivity index is 1.55. The number of hydrogen-bond acceptors (Lipinski definition) is 4. The molecule has 2 saturated heterocycles. The molecule has 5 heteroatoms. The van der Waals surface area contributed by atoms with Gasteiger partial charge in [-0.1, -0.05) is 17.7 Å². The van der Waals surface area contributed by atoms with Gasteiger partial charge in [-0.2, -0.15) is 0 Å². The number of carbonyl (C=O) groups is 1. The molecule has 24 heavy (non-hydrogen) atoms. The number of carbonyl (C=O) groups excluding carboxylic acids is 1. The molecule has 0 aliphatic carbocycles. The maximum atomic E-state index is 11.5. The summed E-state index contributed by atoms with van der Waals surface area (Å²) in [5.74, 6) is 0.0928. The second kappa shape index (κ2) is 7.11. The van der Waals surface area contributed by atoms with Crippen LogP contribution in [0.15, 0.2) is 24.3 Å². The van der Waals surface area contributed by atoms with Crippen molar-refractivity contribution in [1.29, 1.82) is 0 Å². The molecule has 0 radical (unpaired) electrons. The Morgan fingerprint density at radius 2 is 2.00 bits per heavy atom. The molecule has 0 saturated carbocycles. The van der Waals surface area contributed by atoms with E-state index in [1.165, 1.54) is 11.3 Å². The molecule has 1 spiro atoms. The van der Waals surface area contributed by atoms with Crippen molar-refractivity contribution in [3.8, 4) is 0 Å². The highest BCUT2D eigenvalue weighted by Crippen LogP contribution is 2.38. The van der Waals surface area contributed by atoms with E-state index in [0.717, 1.165) is 39.0 Å². The van der Waals surface area contributed by atoms with Crippen LogP contribution in [0.3, 0.4) is 0 Å². The summed E-state index contributed by atoms with van der Waals surface area (Å²) in [6, 6.07) is 9.13. The van der Waals surface area contributed by atoms with Gasteiger partial charge in [0.1, 0.15) is 0 Å². The monoisotopic (exact) mass is 331 g/mol. The average Bonchev–Trinajstić information content (AvgIpc) is 3.01. The first kappa shape index (κ1) is 17.2. The summed E-state index contributed by atoms with van der Waals surface area (Å²) in [5.41, 5.74) is 2.54. The molecule has 2 aliphatic rings. The van der Waals surface area contributed by atoms with Gasteiger partial charge >= 0.3 is 0 Å². The van der Waals surface area contributed by atoms with Crippen LogP contribution in [-0.2, 0) is 9.53 Å². The van der Waals surface area contributed by atoms with Crippen molar-refractivity contribution in [1.82, 2.24) is 10.2 Å². The summed E-state index contributed by atoms with van der Waals surface area (Å²) in [6.45, 7) is 5.28. The Bertz CT molecular complexity index is 564.